The van der Waals surface area contributed by atoms with E-state index in [1.54, 1.807) is 12.1 Å². The molecule has 2 aliphatic heterocycles. The van der Waals surface area contributed by atoms with Crippen molar-refractivity contribution in [1.82, 2.24) is 10.4 Å². The maximum Gasteiger partial charge on any atom is 0.422 e. The molecule has 2 aromatic carbocycles. The Morgan fingerprint density at radius 3 is 2.44 bits per heavy atom. The largest absolute Gasteiger partial charge is 0.491 e. The number of nitrogens with zero attached hydrogens (tertiary/aromatic N) is 2. The van der Waals surface area contributed by atoms with E-state index in [0.29, 0.717) is 36.3 Å². The van der Waals surface area contributed by atoms with Crippen LogP contribution in [-0.4, -0.2) is 62.2 Å². The molecule has 1 amide bonds. The van der Waals surface area contributed by atoms with Crippen LogP contribution in [0.1, 0.15) is 33.3 Å². The molecule has 2 aliphatic rings. The molecule has 2 atom stereocenters. The van der Waals surface area contributed by atoms with Crippen LogP contribution in [0.2, 0.25) is 10.0 Å². The molecule has 196 valence electrons. The number of carbonyl (C=O) groups excluding carboxylic acids is 1. The number of carbonyl (C=O) groups is 1. The van der Waals surface area contributed by atoms with Crippen molar-refractivity contribution >= 4 is 35.0 Å². The Balaban J connectivity index is 1.23. The predicted octanol–water partition coefficient (Wildman–Crippen LogP) is 5.22. The summed E-state index contributed by atoms with van der Waals surface area (Å²) in [6.45, 7) is 11.1. The molecule has 0 radical (unpaired) electrons. The molecule has 0 saturated carbocycles. The fourth-order valence-electron chi connectivity index (χ4n) is 4.17. The molecule has 2 fully saturated rings. The van der Waals surface area contributed by atoms with Crippen LogP contribution in [0.25, 0.3) is 0 Å². The van der Waals surface area contributed by atoms with E-state index in [2.05, 4.69) is 10.3 Å². The molecule has 0 unspecified atom stereocenters. The number of benzene rings is 2. The Bertz CT molecular complexity index is 1050. The summed E-state index contributed by atoms with van der Waals surface area (Å²) in [5.41, 5.74) is 4.13. The van der Waals surface area contributed by atoms with Crippen molar-refractivity contribution in [2.24, 2.45) is 0 Å². The molecular weight excluding hydrogens is 505 g/mol. The second kappa shape index (κ2) is 11.0. The number of ether oxygens (including phenoxy) is 4. The quantitative estimate of drug-likeness (QED) is 0.541. The minimum Gasteiger partial charge on any atom is -0.491 e. The molecule has 0 spiro atoms. The molecule has 2 aromatic rings. The predicted molar refractivity (Wildman–Crippen MR) is 140 cm³/mol. The van der Waals surface area contributed by atoms with Crippen LogP contribution >= 0.6 is 23.2 Å². The Labute approximate surface area is 222 Å². The van der Waals surface area contributed by atoms with E-state index < -0.39 is 17.5 Å². The zero-order valence-corrected chi connectivity index (χ0v) is 22.6. The van der Waals surface area contributed by atoms with Gasteiger partial charge in [-0.25, -0.2) is 9.80 Å². The van der Waals surface area contributed by atoms with E-state index in [1.807, 2.05) is 63.0 Å². The van der Waals surface area contributed by atoms with Crippen LogP contribution in [-0.2, 0) is 20.0 Å². The summed E-state index contributed by atoms with van der Waals surface area (Å²) in [4.78, 5) is 14.2. The number of anilines is 1. The first kappa shape index (κ1) is 26.8. The first-order valence-electron chi connectivity index (χ1n) is 12.0. The first-order valence-corrected chi connectivity index (χ1v) is 12.8. The summed E-state index contributed by atoms with van der Waals surface area (Å²) >= 11 is 12.4. The van der Waals surface area contributed by atoms with E-state index in [4.69, 9.17) is 42.1 Å². The van der Waals surface area contributed by atoms with Gasteiger partial charge in [0.1, 0.15) is 24.1 Å². The lowest BCUT2D eigenvalue weighted by Crippen LogP contribution is -2.54. The average Bonchev–Trinajstić information content (AvgIpc) is 3.19. The van der Waals surface area contributed by atoms with Gasteiger partial charge in [0, 0.05) is 42.5 Å². The highest BCUT2D eigenvalue weighted by atomic mass is 35.5. The highest BCUT2D eigenvalue weighted by Crippen LogP contribution is 2.38. The third-order valence-corrected chi connectivity index (χ3v) is 6.47. The topological polar surface area (TPSA) is 72.5 Å². The normalized spacial score (nSPS) is 22.9. The SMILES string of the molecule is CC(C)(C)OC(=O)NN1CCN(c2ccc(OC[C@@H]3CO[C@](C)(c4ccc(Cl)cc4Cl)O3)cc2)CC1. The van der Waals surface area contributed by atoms with Crippen LogP contribution in [0.5, 0.6) is 5.75 Å². The minimum absolute atomic E-state index is 0.230. The highest BCUT2D eigenvalue weighted by molar-refractivity contribution is 6.35. The van der Waals surface area contributed by atoms with Gasteiger partial charge in [-0.1, -0.05) is 29.3 Å². The molecule has 2 saturated heterocycles. The number of rotatable bonds is 6. The van der Waals surface area contributed by atoms with Crippen molar-refractivity contribution in [3.8, 4) is 5.75 Å². The lowest BCUT2D eigenvalue weighted by Gasteiger charge is -2.36. The highest BCUT2D eigenvalue weighted by Gasteiger charge is 2.40. The van der Waals surface area contributed by atoms with Gasteiger partial charge in [-0.15, -0.1) is 0 Å². The van der Waals surface area contributed by atoms with Crippen molar-refractivity contribution in [2.75, 3.05) is 44.3 Å². The molecule has 0 aromatic heterocycles. The molecule has 8 nitrogen and oxygen atoms in total. The Hall–Kier alpha value is -2.23. The minimum atomic E-state index is -0.944. The number of nitrogens with one attached hydrogen (secondary N) is 1. The van der Waals surface area contributed by atoms with Crippen molar-refractivity contribution < 1.29 is 23.7 Å². The van der Waals surface area contributed by atoms with Crippen LogP contribution in [0.15, 0.2) is 42.5 Å². The number of hydrazine groups is 1. The van der Waals surface area contributed by atoms with E-state index in [0.717, 1.165) is 30.1 Å². The monoisotopic (exact) mass is 537 g/mol. The van der Waals surface area contributed by atoms with Gasteiger partial charge in [0.15, 0.2) is 5.79 Å². The zero-order valence-electron chi connectivity index (χ0n) is 21.1. The fourth-order valence-corrected chi connectivity index (χ4v) is 4.75. The molecule has 0 aliphatic carbocycles. The number of hydrogen-bond donors (Lipinski definition) is 1. The van der Waals surface area contributed by atoms with Crippen LogP contribution in [0.4, 0.5) is 10.5 Å². The van der Waals surface area contributed by atoms with E-state index >= 15 is 0 Å². The van der Waals surface area contributed by atoms with Gasteiger partial charge in [-0.05, 0) is 64.1 Å². The second-order valence-electron chi connectivity index (χ2n) is 10.0. The smallest absolute Gasteiger partial charge is 0.422 e. The molecule has 4 rings (SSSR count). The molecular formula is C26H33Cl2N3O5. The Morgan fingerprint density at radius 1 is 1.11 bits per heavy atom. The van der Waals surface area contributed by atoms with Crippen molar-refractivity contribution in [3.05, 3.63) is 58.1 Å². The average molecular weight is 538 g/mol. The third-order valence-electron chi connectivity index (χ3n) is 5.92. The van der Waals surface area contributed by atoms with Crippen molar-refractivity contribution in [2.45, 2.75) is 45.2 Å². The summed E-state index contributed by atoms with van der Waals surface area (Å²) in [6, 6.07) is 13.2. The molecule has 0 bridgehead atoms. The van der Waals surface area contributed by atoms with Gasteiger partial charge < -0.3 is 23.8 Å². The summed E-state index contributed by atoms with van der Waals surface area (Å²) in [7, 11) is 0. The van der Waals surface area contributed by atoms with Crippen LogP contribution in [0, 0.1) is 0 Å². The standard InChI is InChI=1S/C26H33Cl2N3O5/c1-25(2,3)36-24(32)29-31-13-11-30(12-14-31)19-6-8-20(9-7-19)33-16-21-17-34-26(4,35-21)22-10-5-18(27)15-23(22)28/h5-10,15,21H,11-14,16-17H2,1-4H3,(H,29,32)/t21-,26+/m1/s1. The summed E-state index contributed by atoms with van der Waals surface area (Å²) < 4.78 is 23.3. The summed E-state index contributed by atoms with van der Waals surface area (Å²) in [6.07, 6.45) is -0.655. The van der Waals surface area contributed by atoms with Crippen molar-refractivity contribution in [1.29, 1.82) is 0 Å². The van der Waals surface area contributed by atoms with E-state index in [-0.39, 0.29) is 6.10 Å². The Morgan fingerprint density at radius 2 is 1.81 bits per heavy atom. The number of hydrogen-bond acceptors (Lipinski definition) is 7. The Kier molecular flexibility index (Phi) is 8.22. The van der Waals surface area contributed by atoms with Gasteiger partial charge in [-0.2, -0.15) is 0 Å². The lowest BCUT2D eigenvalue weighted by atomic mass is 10.1. The summed E-state index contributed by atoms with van der Waals surface area (Å²) in [5, 5.41) is 2.95. The maximum absolute atomic E-state index is 12.0. The number of halogens is 2. The molecule has 2 heterocycles. The number of piperazine rings is 1. The van der Waals surface area contributed by atoms with Gasteiger partial charge >= 0.3 is 6.09 Å². The van der Waals surface area contributed by atoms with Gasteiger partial charge in [0.25, 0.3) is 0 Å². The van der Waals surface area contributed by atoms with Crippen molar-refractivity contribution in [3.63, 3.8) is 0 Å². The third kappa shape index (κ3) is 6.95. The first-order chi connectivity index (χ1) is 17.0. The lowest BCUT2D eigenvalue weighted by molar-refractivity contribution is -0.164. The van der Waals surface area contributed by atoms with Crippen LogP contribution < -0.4 is 15.1 Å². The molecule has 1 N–H and O–H groups in total. The maximum atomic E-state index is 12.0. The zero-order chi connectivity index (χ0) is 25.9. The summed E-state index contributed by atoms with van der Waals surface area (Å²) in [5.74, 6) is -0.189. The van der Waals surface area contributed by atoms with Crippen LogP contribution in [0.3, 0.4) is 0 Å². The van der Waals surface area contributed by atoms with Gasteiger partial charge in [0.05, 0.1) is 11.6 Å². The molecule has 10 heteroatoms. The fraction of sp³-hybridized carbons (Fsp3) is 0.500. The molecule has 36 heavy (non-hydrogen) atoms. The van der Waals surface area contributed by atoms with E-state index in [1.165, 1.54) is 0 Å². The van der Waals surface area contributed by atoms with Gasteiger partial charge in [0.2, 0.25) is 0 Å². The second-order valence-corrected chi connectivity index (χ2v) is 10.9. The number of amides is 1. The van der Waals surface area contributed by atoms with E-state index in [9.17, 15) is 4.79 Å². The van der Waals surface area contributed by atoms with Gasteiger partial charge in [-0.3, -0.25) is 5.43 Å².